The summed E-state index contributed by atoms with van der Waals surface area (Å²) in [5.74, 6) is 0. The van der Waals surface area contributed by atoms with Gasteiger partial charge in [0.15, 0.2) is 0 Å². The number of allylic oxidation sites excluding steroid dienone is 4. The molecular weight excluding hydrogens is 212 g/mol. The Morgan fingerprint density at radius 2 is 2.12 bits per heavy atom. The van der Waals surface area contributed by atoms with Crippen molar-refractivity contribution in [3.05, 3.63) is 34.9 Å². The number of aliphatic hydroxyl groups is 2. The average Bonchev–Trinajstić information content (AvgIpc) is 2.14. The Morgan fingerprint density at radius 1 is 1.47 bits per heavy atom. The predicted molar refractivity (Wildman–Crippen MR) is 71.7 cm³/mol. The van der Waals surface area contributed by atoms with Crippen LogP contribution in [0.1, 0.15) is 40.5 Å². The molecule has 0 aromatic carbocycles. The molecule has 2 N–H and O–H groups in total. The largest absolute Gasteiger partial charge is 0.393 e. The van der Waals surface area contributed by atoms with Gasteiger partial charge >= 0.3 is 0 Å². The number of hydrogen-bond donors (Lipinski definition) is 2. The van der Waals surface area contributed by atoms with Gasteiger partial charge in [0.25, 0.3) is 0 Å². The van der Waals surface area contributed by atoms with Crippen molar-refractivity contribution in [2.75, 3.05) is 6.61 Å². The minimum atomic E-state index is -0.212. The zero-order chi connectivity index (χ0) is 13.1. The lowest BCUT2D eigenvalue weighted by Crippen LogP contribution is -2.28. The van der Waals surface area contributed by atoms with E-state index in [-0.39, 0.29) is 18.1 Å². The second kappa shape index (κ2) is 5.65. The van der Waals surface area contributed by atoms with Gasteiger partial charge in [-0.25, -0.2) is 0 Å². The molecule has 2 nitrogen and oxygen atoms in total. The fraction of sp³-hybridized carbons (Fsp3) is 0.600. The molecule has 17 heavy (non-hydrogen) atoms. The third-order valence-corrected chi connectivity index (χ3v) is 3.40. The van der Waals surface area contributed by atoms with Crippen LogP contribution in [0.5, 0.6) is 0 Å². The van der Waals surface area contributed by atoms with Crippen molar-refractivity contribution >= 4 is 0 Å². The Balaban J connectivity index is 2.95. The van der Waals surface area contributed by atoms with Crippen LogP contribution < -0.4 is 0 Å². The highest BCUT2D eigenvalue weighted by Crippen LogP contribution is 2.40. The van der Waals surface area contributed by atoms with Crippen molar-refractivity contribution in [2.45, 2.75) is 46.6 Å². The van der Waals surface area contributed by atoms with Gasteiger partial charge in [-0.15, -0.1) is 0 Å². The van der Waals surface area contributed by atoms with Crippen LogP contribution in [0.2, 0.25) is 0 Å². The van der Waals surface area contributed by atoms with Crippen LogP contribution in [0.3, 0.4) is 0 Å². The van der Waals surface area contributed by atoms with E-state index < -0.39 is 0 Å². The standard InChI is InChI=1S/C15H24O2/c1-11(7-8-16)5-6-14-12(2)9-13(17)10-15(14,3)4/h5-7,13,16-17H,8-10H2,1-4H3/t13-/m1/s1. The maximum absolute atomic E-state index is 9.79. The summed E-state index contributed by atoms with van der Waals surface area (Å²) in [6.07, 6.45) is 7.32. The summed E-state index contributed by atoms with van der Waals surface area (Å²) < 4.78 is 0. The van der Waals surface area contributed by atoms with Crippen molar-refractivity contribution in [3.63, 3.8) is 0 Å². The lowest BCUT2D eigenvalue weighted by Gasteiger charge is -2.35. The highest BCUT2D eigenvalue weighted by atomic mass is 16.3. The molecule has 1 rings (SSSR count). The average molecular weight is 236 g/mol. The molecule has 0 aromatic rings. The first kappa shape index (κ1) is 14.2. The van der Waals surface area contributed by atoms with E-state index >= 15 is 0 Å². The third-order valence-electron chi connectivity index (χ3n) is 3.40. The molecular formula is C15H24O2. The van der Waals surface area contributed by atoms with Gasteiger partial charge < -0.3 is 10.2 Å². The van der Waals surface area contributed by atoms with Crippen molar-refractivity contribution < 1.29 is 10.2 Å². The minimum Gasteiger partial charge on any atom is -0.393 e. The van der Waals surface area contributed by atoms with Gasteiger partial charge in [0, 0.05) is 0 Å². The molecule has 2 heteroatoms. The normalized spacial score (nSPS) is 25.8. The van der Waals surface area contributed by atoms with Gasteiger partial charge in [-0.05, 0) is 37.7 Å². The van der Waals surface area contributed by atoms with Crippen molar-refractivity contribution in [1.82, 2.24) is 0 Å². The quantitative estimate of drug-likeness (QED) is 0.740. The maximum atomic E-state index is 9.79. The number of rotatable bonds is 3. The topological polar surface area (TPSA) is 40.5 Å². The Labute approximate surface area is 104 Å². The highest BCUT2D eigenvalue weighted by Gasteiger charge is 2.31. The van der Waals surface area contributed by atoms with Crippen LogP contribution in [0, 0.1) is 5.41 Å². The predicted octanol–water partition coefficient (Wildman–Crippen LogP) is 2.98. The van der Waals surface area contributed by atoms with E-state index in [0.717, 1.165) is 18.4 Å². The van der Waals surface area contributed by atoms with Gasteiger partial charge in [-0.1, -0.05) is 43.2 Å². The first-order valence-electron chi connectivity index (χ1n) is 6.21. The molecule has 1 aliphatic rings. The van der Waals surface area contributed by atoms with E-state index in [4.69, 9.17) is 5.11 Å². The van der Waals surface area contributed by atoms with Crippen LogP contribution in [0.4, 0.5) is 0 Å². The summed E-state index contributed by atoms with van der Waals surface area (Å²) in [5.41, 5.74) is 3.67. The first-order valence-corrected chi connectivity index (χ1v) is 6.21. The molecule has 0 saturated heterocycles. The maximum Gasteiger partial charge on any atom is 0.0617 e. The number of aliphatic hydroxyl groups excluding tert-OH is 2. The third kappa shape index (κ3) is 3.83. The van der Waals surface area contributed by atoms with Crippen molar-refractivity contribution in [2.24, 2.45) is 5.41 Å². The Morgan fingerprint density at radius 3 is 2.65 bits per heavy atom. The van der Waals surface area contributed by atoms with E-state index in [0.29, 0.717) is 0 Å². The Bertz CT molecular complexity index is 359. The van der Waals surface area contributed by atoms with Crippen LogP contribution in [0.25, 0.3) is 0 Å². The summed E-state index contributed by atoms with van der Waals surface area (Å²) >= 11 is 0. The molecule has 0 unspecified atom stereocenters. The van der Waals surface area contributed by atoms with Gasteiger partial charge in [-0.2, -0.15) is 0 Å². The lowest BCUT2D eigenvalue weighted by molar-refractivity contribution is 0.116. The van der Waals surface area contributed by atoms with Crippen LogP contribution >= 0.6 is 0 Å². The molecule has 1 aliphatic carbocycles. The van der Waals surface area contributed by atoms with E-state index in [1.165, 1.54) is 11.1 Å². The van der Waals surface area contributed by atoms with Gasteiger partial charge in [0.1, 0.15) is 0 Å². The number of hydrogen-bond acceptors (Lipinski definition) is 2. The monoisotopic (exact) mass is 236 g/mol. The molecule has 0 amide bonds. The van der Waals surface area contributed by atoms with E-state index in [1.807, 2.05) is 13.0 Å². The van der Waals surface area contributed by atoms with Gasteiger partial charge in [-0.3, -0.25) is 0 Å². The fourth-order valence-corrected chi connectivity index (χ4v) is 2.61. The molecule has 0 radical (unpaired) electrons. The first-order chi connectivity index (χ1) is 7.86. The smallest absolute Gasteiger partial charge is 0.0617 e. The van der Waals surface area contributed by atoms with E-state index in [1.54, 1.807) is 6.08 Å². The summed E-state index contributed by atoms with van der Waals surface area (Å²) in [7, 11) is 0. The zero-order valence-corrected chi connectivity index (χ0v) is 11.3. The molecule has 0 spiro atoms. The summed E-state index contributed by atoms with van der Waals surface area (Å²) in [5, 5.41) is 18.6. The second-order valence-electron chi connectivity index (χ2n) is 5.60. The summed E-state index contributed by atoms with van der Waals surface area (Å²) in [6.45, 7) is 8.49. The van der Waals surface area contributed by atoms with Gasteiger partial charge in [0.2, 0.25) is 0 Å². The summed E-state index contributed by atoms with van der Waals surface area (Å²) in [4.78, 5) is 0. The van der Waals surface area contributed by atoms with Crippen molar-refractivity contribution in [1.29, 1.82) is 0 Å². The zero-order valence-electron chi connectivity index (χ0n) is 11.3. The molecule has 96 valence electrons. The molecule has 0 saturated carbocycles. The van der Waals surface area contributed by atoms with E-state index in [9.17, 15) is 5.11 Å². The lowest BCUT2D eigenvalue weighted by atomic mass is 9.71. The molecule has 0 aliphatic heterocycles. The molecule has 0 bridgehead atoms. The van der Waals surface area contributed by atoms with Crippen molar-refractivity contribution in [3.8, 4) is 0 Å². The minimum absolute atomic E-state index is 0.0255. The Hall–Kier alpha value is -0.860. The highest BCUT2D eigenvalue weighted by molar-refractivity contribution is 5.36. The molecule has 0 aromatic heterocycles. The van der Waals surface area contributed by atoms with Gasteiger partial charge in [0.05, 0.1) is 12.7 Å². The Kier molecular flexibility index (Phi) is 4.72. The second-order valence-corrected chi connectivity index (χ2v) is 5.60. The fourth-order valence-electron chi connectivity index (χ4n) is 2.61. The molecule has 0 heterocycles. The van der Waals surface area contributed by atoms with Crippen LogP contribution in [-0.2, 0) is 0 Å². The summed E-state index contributed by atoms with van der Waals surface area (Å²) in [6, 6.07) is 0. The SMILES string of the molecule is CC(C=CC1=C(C)C[C@@H](O)CC1(C)C)=CCO. The molecule has 0 fully saturated rings. The molecule has 1 atom stereocenters. The van der Waals surface area contributed by atoms with Crippen LogP contribution in [-0.4, -0.2) is 22.9 Å². The van der Waals surface area contributed by atoms with Crippen LogP contribution in [0.15, 0.2) is 34.9 Å². The van der Waals surface area contributed by atoms with E-state index in [2.05, 4.69) is 26.8 Å².